The summed E-state index contributed by atoms with van der Waals surface area (Å²) in [6.45, 7) is 5.14. The van der Waals surface area contributed by atoms with Crippen molar-refractivity contribution in [1.29, 1.82) is 0 Å². The average molecular weight is 540 g/mol. The first-order valence-corrected chi connectivity index (χ1v) is 12.0. The van der Waals surface area contributed by atoms with Crippen molar-refractivity contribution in [2.75, 3.05) is 10.7 Å². The number of para-hydroxylation sites is 1. The summed E-state index contributed by atoms with van der Waals surface area (Å²) in [7, 11) is 0. The smallest absolute Gasteiger partial charge is 0.340 e. The minimum atomic E-state index is -1.35. The van der Waals surface area contributed by atoms with Gasteiger partial charge in [0.1, 0.15) is 11.6 Å². The lowest BCUT2D eigenvalue weighted by molar-refractivity contribution is -0.141. The number of nitrogens with zero attached hydrogens (tertiary/aromatic N) is 1. The van der Waals surface area contributed by atoms with E-state index in [1.54, 1.807) is 63.2 Å². The number of hydrogen-bond donors (Lipinski definition) is 2. The standard InChI is InChI=1S/C28H27ClFN3O5/c1-28(2,3)38-27(37)19-12-7-8-14-21(19)31-26(36)23(16-18-10-5-4-6-11-18)33(24(35)17-34)32-22-15-9-13-20(29)25(22)30/h4-15,17,23,32H,16H2,1-3H3,(H,31,36). The van der Waals surface area contributed by atoms with E-state index in [-0.39, 0.29) is 34.7 Å². The van der Waals surface area contributed by atoms with Crippen LogP contribution in [-0.2, 0) is 25.5 Å². The number of amides is 2. The highest BCUT2D eigenvalue weighted by Gasteiger charge is 2.32. The van der Waals surface area contributed by atoms with E-state index in [9.17, 15) is 23.6 Å². The summed E-state index contributed by atoms with van der Waals surface area (Å²) in [4.78, 5) is 50.7. The van der Waals surface area contributed by atoms with Crippen LogP contribution in [0.1, 0.15) is 36.7 Å². The van der Waals surface area contributed by atoms with E-state index in [4.69, 9.17) is 16.3 Å². The largest absolute Gasteiger partial charge is 0.456 e. The second kappa shape index (κ2) is 12.3. The SMILES string of the molecule is CC(C)(C)OC(=O)c1ccccc1NC(=O)C(Cc1ccccc1)N(Nc1cccc(Cl)c1F)C(=O)C=O. The van der Waals surface area contributed by atoms with Gasteiger partial charge in [-0.3, -0.25) is 19.8 Å². The lowest BCUT2D eigenvalue weighted by atomic mass is 10.0. The van der Waals surface area contributed by atoms with E-state index >= 15 is 0 Å². The first-order chi connectivity index (χ1) is 18.0. The molecule has 3 rings (SSSR count). The Morgan fingerprint density at radius 2 is 1.61 bits per heavy atom. The maximum Gasteiger partial charge on any atom is 0.340 e. The van der Waals surface area contributed by atoms with E-state index in [1.807, 2.05) is 0 Å². The molecule has 0 spiro atoms. The number of carbonyl (C=O) groups is 4. The summed E-state index contributed by atoms with van der Waals surface area (Å²) in [5.74, 6) is -3.39. The molecule has 38 heavy (non-hydrogen) atoms. The van der Waals surface area contributed by atoms with E-state index < -0.39 is 35.2 Å². The number of hydrazine groups is 1. The van der Waals surface area contributed by atoms with Gasteiger partial charge >= 0.3 is 11.9 Å². The van der Waals surface area contributed by atoms with Crippen LogP contribution >= 0.6 is 11.6 Å². The van der Waals surface area contributed by atoms with Gasteiger partial charge in [-0.05, 0) is 50.6 Å². The molecular formula is C28H27ClFN3O5. The molecule has 0 saturated carbocycles. The Morgan fingerprint density at radius 1 is 0.974 bits per heavy atom. The number of nitrogens with one attached hydrogen (secondary N) is 2. The number of carbonyl (C=O) groups excluding carboxylic acids is 4. The molecule has 10 heteroatoms. The van der Waals surface area contributed by atoms with E-state index in [0.29, 0.717) is 5.56 Å². The molecule has 0 bridgehead atoms. The van der Waals surface area contributed by atoms with Crippen molar-refractivity contribution < 1.29 is 28.3 Å². The predicted molar refractivity (Wildman–Crippen MR) is 142 cm³/mol. The molecule has 2 amide bonds. The van der Waals surface area contributed by atoms with Crippen molar-refractivity contribution in [3.8, 4) is 0 Å². The van der Waals surface area contributed by atoms with Crippen LogP contribution in [0.2, 0.25) is 5.02 Å². The van der Waals surface area contributed by atoms with Gasteiger partial charge in [-0.25, -0.2) is 14.2 Å². The van der Waals surface area contributed by atoms with Gasteiger partial charge in [0.05, 0.1) is 22.0 Å². The highest BCUT2D eigenvalue weighted by molar-refractivity contribution is 6.31. The maximum atomic E-state index is 14.7. The monoisotopic (exact) mass is 539 g/mol. The zero-order valence-electron chi connectivity index (χ0n) is 21.0. The number of halogens is 2. The third-order valence-electron chi connectivity index (χ3n) is 5.22. The Kier molecular flexibility index (Phi) is 9.20. The summed E-state index contributed by atoms with van der Waals surface area (Å²) >= 11 is 5.87. The minimum absolute atomic E-state index is 0.00929. The number of aldehydes is 1. The second-order valence-electron chi connectivity index (χ2n) is 9.28. The zero-order valence-corrected chi connectivity index (χ0v) is 21.8. The van der Waals surface area contributed by atoms with Crippen molar-refractivity contribution >= 4 is 47.0 Å². The zero-order chi connectivity index (χ0) is 27.9. The predicted octanol–water partition coefficient (Wildman–Crippen LogP) is 5.04. The first-order valence-electron chi connectivity index (χ1n) is 11.7. The summed E-state index contributed by atoms with van der Waals surface area (Å²) in [5, 5.41) is 3.18. The average Bonchev–Trinajstić information content (AvgIpc) is 2.88. The van der Waals surface area contributed by atoms with Crippen LogP contribution in [0.4, 0.5) is 15.8 Å². The van der Waals surface area contributed by atoms with Gasteiger partial charge in [-0.2, -0.15) is 0 Å². The maximum absolute atomic E-state index is 14.7. The van der Waals surface area contributed by atoms with Gasteiger partial charge in [-0.15, -0.1) is 0 Å². The lowest BCUT2D eigenvalue weighted by Gasteiger charge is -2.31. The summed E-state index contributed by atoms with van der Waals surface area (Å²) in [6.07, 6.45) is -0.0363. The fourth-order valence-electron chi connectivity index (χ4n) is 3.52. The molecule has 0 aliphatic carbocycles. The van der Waals surface area contributed by atoms with Crippen molar-refractivity contribution in [2.24, 2.45) is 0 Å². The molecule has 0 saturated heterocycles. The Hall–Kier alpha value is -4.24. The third kappa shape index (κ3) is 7.39. The van der Waals surface area contributed by atoms with Crippen LogP contribution in [0.5, 0.6) is 0 Å². The summed E-state index contributed by atoms with van der Waals surface area (Å²) in [6, 6.07) is 17.7. The quantitative estimate of drug-likeness (QED) is 0.171. The Labute approximate surface area is 224 Å². The van der Waals surface area contributed by atoms with Crippen LogP contribution in [0.25, 0.3) is 0 Å². The van der Waals surface area contributed by atoms with Gasteiger partial charge in [0.2, 0.25) is 12.2 Å². The number of benzene rings is 3. The molecule has 0 aliphatic rings. The fraction of sp³-hybridized carbons (Fsp3) is 0.214. The van der Waals surface area contributed by atoms with Gasteiger partial charge < -0.3 is 10.1 Å². The van der Waals surface area contributed by atoms with E-state index in [1.165, 1.54) is 30.3 Å². The highest BCUT2D eigenvalue weighted by Crippen LogP contribution is 2.25. The fourth-order valence-corrected chi connectivity index (χ4v) is 3.70. The van der Waals surface area contributed by atoms with Crippen molar-refractivity contribution in [2.45, 2.75) is 38.8 Å². The second-order valence-corrected chi connectivity index (χ2v) is 9.69. The molecule has 0 aromatic heterocycles. The molecule has 0 aliphatic heterocycles. The van der Waals surface area contributed by atoms with Crippen molar-refractivity contribution in [1.82, 2.24) is 5.01 Å². The molecule has 3 aromatic carbocycles. The number of anilines is 2. The molecular weight excluding hydrogens is 513 g/mol. The molecule has 2 N–H and O–H groups in total. The molecule has 0 fully saturated rings. The van der Waals surface area contributed by atoms with Crippen LogP contribution in [-0.4, -0.2) is 40.7 Å². The topological polar surface area (TPSA) is 105 Å². The van der Waals surface area contributed by atoms with Gasteiger partial charge in [-0.1, -0.05) is 60.1 Å². The normalized spacial score (nSPS) is 11.7. The molecule has 8 nitrogen and oxygen atoms in total. The highest BCUT2D eigenvalue weighted by atomic mass is 35.5. The van der Waals surface area contributed by atoms with Crippen LogP contribution < -0.4 is 10.7 Å². The molecule has 198 valence electrons. The van der Waals surface area contributed by atoms with E-state index in [2.05, 4.69) is 10.7 Å². The van der Waals surface area contributed by atoms with Crippen LogP contribution in [0, 0.1) is 5.82 Å². The van der Waals surface area contributed by atoms with Crippen LogP contribution in [0.15, 0.2) is 72.8 Å². The molecule has 0 heterocycles. The van der Waals surface area contributed by atoms with Crippen molar-refractivity contribution in [3.63, 3.8) is 0 Å². The Balaban J connectivity index is 2.01. The lowest BCUT2D eigenvalue weighted by Crippen LogP contribution is -2.52. The van der Waals surface area contributed by atoms with Crippen molar-refractivity contribution in [3.05, 3.63) is 94.8 Å². The molecule has 1 unspecified atom stereocenters. The number of hydrogen-bond acceptors (Lipinski definition) is 6. The molecule has 3 aromatic rings. The summed E-state index contributed by atoms with van der Waals surface area (Å²) < 4.78 is 20.1. The number of esters is 1. The minimum Gasteiger partial charge on any atom is -0.456 e. The van der Waals surface area contributed by atoms with Gasteiger partial charge in [0, 0.05) is 6.42 Å². The molecule has 1 atom stereocenters. The third-order valence-corrected chi connectivity index (χ3v) is 5.51. The number of ether oxygens (including phenoxy) is 1. The first kappa shape index (κ1) is 28.3. The summed E-state index contributed by atoms with van der Waals surface area (Å²) in [5.41, 5.74) is 2.43. The van der Waals surface area contributed by atoms with E-state index in [0.717, 1.165) is 5.01 Å². The Bertz CT molecular complexity index is 1330. The molecule has 0 radical (unpaired) electrons. The van der Waals surface area contributed by atoms with Crippen LogP contribution in [0.3, 0.4) is 0 Å². The van der Waals surface area contributed by atoms with Gasteiger partial charge in [0.15, 0.2) is 5.82 Å². The van der Waals surface area contributed by atoms with Gasteiger partial charge in [0.25, 0.3) is 0 Å². The Morgan fingerprint density at radius 3 is 2.26 bits per heavy atom. The number of rotatable bonds is 9.